The molecule has 0 aromatic carbocycles. The summed E-state index contributed by atoms with van der Waals surface area (Å²) in [5.74, 6) is -0.464. The molecule has 1 aliphatic carbocycles. The maximum absolute atomic E-state index is 10.7. The van der Waals surface area contributed by atoms with Crippen LogP contribution in [-0.4, -0.2) is 34.1 Å². The number of hydrogen-bond donors (Lipinski definition) is 2. The summed E-state index contributed by atoms with van der Waals surface area (Å²) in [6, 6.07) is 1.45. The molecule has 18 heavy (non-hydrogen) atoms. The smallest absolute Gasteiger partial charge is 0.168 e. The lowest BCUT2D eigenvalue weighted by Crippen LogP contribution is -2.49. The number of aromatic nitrogens is 1. The van der Waals surface area contributed by atoms with E-state index >= 15 is 0 Å². The maximum Gasteiger partial charge on any atom is 0.168 e. The van der Waals surface area contributed by atoms with E-state index < -0.39 is 17.4 Å². The maximum atomic E-state index is 10.7. The van der Waals surface area contributed by atoms with Crippen LogP contribution >= 0.6 is 11.5 Å². The molecule has 6 heteroatoms. The first-order valence-electron chi connectivity index (χ1n) is 6.30. The third kappa shape index (κ3) is 2.08. The number of nitrogens with zero attached hydrogens (tertiary/aromatic N) is 1. The van der Waals surface area contributed by atoms with E-state index in [0.29, 0.717) is 38.9 Å². The summed E-state index contributed by atoms with van der Waals surface area (Å²) in [5, 5.41) is 12.6. The van der Waals surface area contributed by atoms with Crippen molar-refractivity contribution in [3.63, 3.8) is 0 Å². The molecule has 0 radical (unpaired) electrons. The predicted octanol–water partition coefficient (Wildman–Crippen LogP) is 1.19. The van der Waals surface area contributed by atoms with Crippen LogP contribution in [0.1, 0.15) is 37.4 Å². The van der Waals surface area contributed by atoms with Crippen LogP contribution in [0.5, 0.6) is 0 Å². The summed E-state index contributed by atoms with van der Waals surface area (Å²) in [7, 11) is 0. The molecule has 1 spiro atoms. The summed E-state index contributed by atoms with van der Waals surface area (Å²) < 4.78 is 15.5. The molecule has 1 aromatic rings. The molecular formula is C12H18N2O3S. The van der Waals surface area contributed by atoms with Gasteiger partial charge in [-0.3, -0.25) is 0 Å². The lowest BCUT2D eigenvalue weighted by atomic mass is 9.76. The zero-order valence-electron chi connectivity index (χ0n) is 10.2. The van der Waals surface area contributed by atoms with Crippen LogP contribution in [0.25, 0.3) is 0 Å². The second kappa shape index (κ2) is 4.54. The number of rotatable bonds is 2. The average molecular weight is 270 g/mol. The van der Waals surface area contributed by atoms with Gasteiger partial charge >= 0.3 is 0 Å². The lowest BCUT2D eigenvalue weighted by Gasteiger charge is -2.42. The number of aliphatic hydroxyl groups is 1. The molecule has 3 N–H and O–H groups in total. The molecule has 1 saturated heterocycles. The number of hydrogen-bond acceptors (Lipinski definition) is 6. The first-order chi connectivity index (χ1) is 8.64. The van der Waals surface area contributed by atoms with Gasteiger partial charge in [-0.2, -0.15) is 4.37 Å². The molecule has 1 saturated carbocycles. The summed E-state index contributed by atoms with van der Waals surface area (Å²) in [6.07, 6.45) is 2.57. The fourth-order valence-electron chi connectivity index (χ4n) is 2.82. The van der Waals surface area contributed by atoms with Gasteiger partial charge in [-0.05, 0) is 30.4 Å². The Morgan fingerprint density at radius 1 is 1.28 bits per heavy atom. The summed E-state index contributed by atoms with van der Waals surface area (Å²) in [5.41, 5.74) is 6.02. The third-order valence-electron chi connectivity index (χ3n) is 4.05. The Balaban J connectivity index is 1.70. The van der Waals surface area contributed by atoms with Gasteiger partial charge in [0.05, 0.1) is 30.6 Å². The van der Waals surface area contributed by atoms with E-state index in [1.807, 2.05) is 11.4 Å². The number of ether oxygens (including phenoxy) is 2. The topological polar surface area (TPSA) is 77.6 Å². The molecule has 2 fully saturated rings. The molecule has 2 aliphatic rings. The summed E-state index contributed by atoms with van der Waals surface area (Å²) >= 11 is 1.36. The lowest BCUT2D eigenvalue weighted by molar-refractivity contribution is -0.205. The quantitative estimate of drug-likeness (QED) is 0.844. The second-order valence-corrected chi connectivity index (χ2v) is 5.78. The van der Waals surface area contributed by atoms with Gasteiger partial charge in [0.15, 0.2) is 5.79 Å². The second-order valence-electron chi connectivity index (χ2n) is 5.11. The van der Waals surface area contributed by atoms with Crippen LogP contribution in [0.15, 0.2) is 11.4 Å². The molecule has 5 nitrogen and oxygen atoms in total. The van der Waals surface area contributed by atoms with Crippen molar-refractivity contribution in [1.82, 2.24) is 4.37 Å². The molecule has 2 heterocycles. The standard InChI is InChI=1S/C12H18N2O3S/c13-10(9-1-8-18-14-9)11(15)2-4-12(5-3-11)16-6-7-17-12/h1,8,10,15H,2-7,13H2. The van der Waals surface area contributed by atoms with Crippen molar-refractivity contribution in [1.29, 1.82) is 0 Å². The zero-order chi connectivity index (χ0) is 12.6. The zero-order valence-corrected chi connectivity index (χ0v) is 11.0. The molecule has 0 amide bonds. The third-order valence-corrected chi connectivity index (χ3v) is 4.62. The molecule has 3 rings (SSSR count). The van der Waals surface area contributed by atoms with Gasteiger partial charge in [0.1, 0.15) is 0 Å². The van der Waals surface area contributed by atoms with Crippen molar-refractivity contribution in [2.75, 3.05) is 13.2 Å². The van der Waals surface area contributed by atoms with Crippen LogP contribution in [0, 0.1) is 0 Å². The van der Waals surface area contributed by atoms with E-state index in [4.69, 9.17) is 15.2 Å². The Labute approximate surface area is 110 Å². The van der Waals surface area contributed by atoms with Crippen molar-refractivity contribution >= 4 is 11.5 Å². The van der Waals surface area contributed by atoms with Crippen molar-refractivity contribution in [2.45, 2.75) is 43.1 Å². The SMILES string of the molecule is NC(c1ccsn1)C1(O)CCC2(CC1)OCCO2. The van der Waals surface area contributed by atoms with Crippen molar-refractivity contribution in [3.8, 4) is 0 Å². The van der Waals surface area contributed by atoms with Crippen LogP contribution in [-0.2, 0) is 9.47 Å². The molecule has 0 bridgehead atoms. The highest BCUT2D eigenvalue weighted by atomic mass is 32.1. The highest BCUT2D eigenvalue weighted by Crippen LogP contribution is 2.44. The fourth-order valence-corrected chi connectivity index (χ4v) is 3.38. The van der Waals surface area contributed by atoms with Gasteiger partial charge in [-0.1, -0.05) is 0 Å². The van der Waals surface area contributed by atoms with Crippen LogP contribution in [0.2, 0.25) is 0 Å². The molecular weight excluding hydrogens is 252 g/mol. The minimum atomic E-state index is -0.894. The van der Waals surface area contributed by atoms with E-state index in [1.54, 1.807) is 0 Å². The van der Waals surface area contributed by atoms with Crippen LogP contribution in [0.3, 0.4) is 0 Å². The monoisotopic (exact) mass is 270 g/mol. The van der Waals surface area contributed by atoms with Gasteiger partial charge in [0.2, 0.25) is 0 Å². The number of nitrogens with two attached hydrogens (primary N) is 1. The Kier molecular flexibility index (Phi) is 3.15. The normalized spacial score (nSPS) is 27.4. The van der Waals surface area contributed by atoms with Gasteiger partial charge < -0.3 is 20.3 Å². The molecule has 1 aromatic heterocycles. The molecule has 1 aliphatic heterocycles. The Morgan fingerprint density at radius 2 is 1.94 bits per heavy atom. The van der Waals surface area contributed by atoms with E-state index in [1.165, 1.54) is 11.5 Å². The van der Waals surface area contributed by atoms with Gasteiger partial charge in [0.25, 0.3) is 0 Å². The van der Waals surface area contributed by atoms with Crippen molar-refractivity contribution in [2.24, 2.45) is 5.73 Å². The van der Waals surface area contributed by atoms with E-state index in [-0.39, 0.29) is 0 Å². The van der Waals surface area contributed by atoms with Crippen molar-refractivity contribution in [3.05, 3.63) is 17.1 Å². The Morgan fingerprint density at radius 3 is 2.50 bits per heavy atom. The summed E-state index contributed by atoms with van der Waals surface area (Å²) in [6.45, 7) is 1.30. The first-order valence-corrected chi connectivity index (χ1v) is 7.13. The fraction of sp³-hybridized carbons (Fsp3) is 0.750. The van der Waals surface area contributed by atoms with Gasteiger partial charge in [0, 0.05) is 18.2 Å². The Hall–Kier alpha value is -0.530. The molecule has 1 unspecified atom stereocenters. The Bertz CT molecular complexity index is 393. The van der Waals surface area contributed by atoms with E-state index in [9.17, 15) is 5.11 Å². The minimum Gasteiger partial charge on any atom is -0.388 e. The predicted molar refractivity (Wildman–Crippen MR) is 67.1 cm³/mol. The highest BCUT2D eigenvalue weighted by Gasteiger charge is 2.48. The minimum absolute atomic E-state index is 0.428. The molecule has 100 valence electrons. The van der Waals surface area contributed by atoms with Crippen LogP contribution < -0.4 is 5.73 Å². The first kappa shape index (κ1) is 12.5. The largest absolute Gasteiger partial charge is 0.388 e. The molecule has 1 atom stereocenters. The van der Waals surface area contributed by atoms with Crippen LogP contribution in [0.4, 0.5) is 0 Å². The average Bonchev–Trinajstić information content (AvgIpc) is 3.05. The van der Waals surface area contributed by atoms with Gasteiger partial charge in [-0.15, -0.1) is 0 Å². The van der Waals surface area contributed by atoms with E-state index in [2.05, 4.69) is 4.37 Å². The van der Waals surface area contributed by atoms with Gasteiger partial charge in [-0.25, -0.2) is 0 Å². The van der Waals surface area contributed by atoms with E-state index in [0.717, 1.165) is 5.69 Å². The summed E-state index contributed by atoms with van der Waals surface area (Å²) in [4.78, 5) is 0. The highest BCUT2D eigenvalue weighted by molar-refractivity contribution is 7.03. The van der Waals surface area contributed by atoms with Crippen molar-refractivity contribution < 1.29 is 14.6 Å².